The van der Waals surface area contributed by atoms with Gasteiger partial charge in [-0.2, -0.15) is 0 Å². The highest BCUT2D eigenvalue weighted by Gasteiger charge is 2.03. The molecule has 0 N–H and O–H groups in total. The standard InChI is InChI=1S/C10H12Cl2/c1-2-10-8(6-11)4-3-5-9(10)7-12/h3-5H,2,6-7H2,1H3. The summed E-state index contributed by atoms with van der Waals surface area (Å²) in [4.78, 5) is 0. The van der Waals surface area contributed by atoms with Gasteiger partial charge in [0.25, 0.3) is 0 Å². The van der Waals surface area contributed by atoms with E-state index in [0.717, 1.165) is 6.42 Å². The largest absolute Gasteiger partial charge is 0.122 e. The van der Waals surface area contributed by atoms with Gasteiger partial charge in [0.1, 0.15) is 0 Å². The molecular weight excluding hydrogens is 191 g/mol. The maximum atomic E-state index is 5.80. The van der Waals surface area contributed by atoms with Crippen LogP contribution in [0.5, 0.6) is 0 Å². The second-order valence-corrected chi connectivity index (χ2v) is 3.21. The summed E-state index contributed by atoms with van der Waals surface area (Å²) in [5.74, 6) is 1.15. The van der Waals surface area contributed by atoms with Gasteiger partial charge in [-0.25, -0.2) is 0 Å². The molecule has 0 amide bonds. The van der Waals surface area contributed by atoms with Gasteiger partial charge in [0, 0.05) is 11.8 Å². The van der Waals surface area contributed by atoms with Gasteiger partial charge in [-0.15, -0.1) is 23.2 Å². The lowest BCUT2D eigenvalue weighted by atomic mass is 10.0. The van der Waals surface area contributed by atoms with E-state index in [1.807, 2.05) is 6.07 Å². The van der Waals surface area contributed by atoms with Crippen LogP contribution in [0.3, 0.4) is 0 Å². The lowest BCUT2D eigenvalue weighted by Crippen LogP contribution is -1.94. The Morgan fingerprint density at radius 2 is 1.58 bits per heavy atom. The fraction of sp³-hybridized carbons (Fsp3) is 0.400. The van der Waals surface area contributed by atoms with Crippen molar-refractivity contribution in [1.82, 2.24) is 0 Å². The van der Waals surface area contributed by atoms with Crippen LogP contribution in [0.1, 0.15) is 23.6 Å². The van der Waals surface area contributed by atoms with Crippen LogP contribution in [0.2, 0.25) is 0 Å². The maximum absolute atomic E-state index is 5.80. The average Bonchev–Trinajstić information content (AvgIpc) is 2.16. The van der Waals surface area contributed by atoms with Crippen LogP contribution in [0.15, 0.2) is 18.2 Å². The first kappa shape index (κ1) is 9.88. The Morgan fingerprint density at radius 3 is 1.92 bits per heavy atom. The molecule has 0 fully saturated rings. The topological polar surface area (TPSA) is 0 Å². The van der Waals surface area contributed by atoms with Crippen LogP contribution in [0.4, 0.5) is 0 Å². The van der Waals surface area contributed by atoms with Crippen LogP contribution in [0, 0.1) is 0 Å². The van der Waals surface area contributed by atoms with Crippen molar-refractivity contribution in [3.05, 3.63) is 34.9 Å². The summed E-state index contributed by atoms with van der Waals surface area (Å²) in [6.45, 7) is 2.13. The zero-order valence-corrected chi connectivity index (χ0v) is 8.62. The molecule has 2 heteroatoms. The Hall–Kier alpha value is -0.200. The van der Waals surface area contributed by atoms with Crippen LogP contribution in [-0.4, -0.2) is 0 Å². The molecule has 0 aliphatic rings. The van der Waals surface area contributed by atoms with Crippen molar-refractivity contribution in [1.29, 1.82) is 0 Å². The molecule has 0 radical (unpaired) electrons. The van der Waals surface area contributed by atoms with Crippen molar-refractivity contribution in [2.45, 2.75) is 25.1 Å². The highest BCUT2D eigenvalue weighted by Crippen LogP contribution is 2.19. The molecule has 0 spiro atoms. The van der Waals surface area contributed by atoms with Crippen molar-refractivity contribution in [3.8, 4) is 0 Å². The molecule has 1 aromatic rings. The smallest absolute Gasteiger partial charge is 0.0476 e. The summed E-state index contributed by atoms with van der Waals surface area (Å²) in [5.41, 5.74) is 3.72. The predicted molar refractivity (Wildman–Crippen MR) is 54.9 cm³/mol. The van der Waals surface area contributed by atoms with Crippen molar-refractivity contribution in [2.75, 3.05) is 0 Å². The molecule has 0 heterocycles. The van der Waals surface area contributed by atoms with Gasteiger partial charge in [0.15, 0.2) is 0 Å². The van der Waals surface area contributed by atoms with E-state index >= 15 is 0 Å². The normalized spacial score (nSPS) is 10.2. The summed E-state index contributed by atoms with van der Waals surface area (Å²) < 4.78 is 0. The Bertz CT molecular complexity index is 234. The number of hydrogen-bond donors (Lipinski definition) is 0. The van der Waals surface area contributed by atoms with Gasteiger partial charge in [-0.05, 0) is 23.1 Å². The maximum Gasteiger partial charge on any atom is 0.0476 e. The highest BCUT2D eigenvalue weighted by molar-refractivity contribution is 6.18. The molecule has 0 atom stereocenters. The lowest BCUT2D eigenvalue weighted by Gasteiger charge is -2.08. The second kappa shape index (κ2) is 4.74. The van der Waals surface area contributed by atoms with Gasteiger partial charge in [-0.1, -0.05) is 25.1 Å². The first-order valence-electron chi connectivity index (χ1n) is 4.05. The van der Waals surface area contributed by atoms with Gasteiger partial charge in [-0.3, -0.25) is 0 Å². The van der Waals surface area contributed by atoms with Gasteiger partial charge in [0.2, 0.25) is 0 Å². The third-order valence-corrected chi connectivity index (χ3v) is 2.59. The fourth-order valence-corrected chi connectivity index (χ4v) is 1.89. The van der Waals surface area contributed by atoms with Gasteiger partial charge < -0.3 is 0 Å². The van der Waals surface area contributed by atoms with E-state index in [2.05, 4.69) is 19.1 Å². The zero-order chi connectivity index (χ0) is 8.97. The molecule has 0 aliphatic carbocycles. The quantitative estimate of drug-likeness (QED) is 0.656. The SMILES string of the molecule is CCc1c(CCl)cccc1CCl. The molecule has 0 saturated carbocycles. The zero-order valence-electron chi connectivity index (χ0n) is 7.11. The molecule has 0 saturated heterocycles. The summed E-state index contributed by atoms with van der Waals surface area (Å²) in [6, 6.07) is 6.12. The predicted octanol–water partition coefficient (Wildman–Crippen LogP) is 3.73. The minimum absolute atomic E-state index is 0.577. The van der Waals surface area contributed by atoms with E-state index in [9.17, 15) is 0 Å². The van der Waals surface area contributed by atoms with E-state index in [4.69, 9.17) is 23.2 Å². The second-order valence-electron chi connectivity index (χ2n) is 2.68. The number of alkyl halides is 2. The van der Waals surface area contributed by atoms with Crippen molar-refractivity contribution in [3.63, 3.8) is 0 Å². The molecule has 0 aliphatic heterocycles. The third kappa shape index (κ3) is 1.94. The van der Waals surface area contributed by atoms with Gasteiger partial charge >= 0.3 is 0 Å². The summed E-state index contributed by atoms with van der Waals surface area (Å²) in [6.07, 6.45) is 1.00. The summed E-state index contributed by atoms with van der Waals surface area (Å²) in [7, 11) is 0. The van der Waals surface area contributed by atoms with Crippen molar-refractivity contribution < 1.29 is 0 Å². The van der Waals surface area contributed by atoms with E-state index in [1.165, 1.54) is 16.7 Å². The molecule has 0 aromatic heterocycles. The van der Waals surface area contributed by atoms with Crippen LogP contribution in [0.25, 0.3) is 0 Å². The number of rotatable bonds is 3. The lowest BCUT2D eigenvalue weighted by molar-refractivity contribution is 1.06. The van der Waals surface area contributed by atoms with E-state index in [0.29, 0.717) is 11.8 Å². The molecule has 1 rings (SSSR count). The molecule has 0 bridgehead atoms. The van der Waals surface area contributed by atoms with Crippen LogP contribution >= 0.6 is 23.2 Å². The Labute approximate surface area is 83.5 Å². The average molecular weight is 203 g/mol. The Balaban J connectivity index is 3.13. The van der Waals surface area contributed by atoms with Crippen molar-refractivity contribution >= 4 is 23.2 Å². The summed E-state index contributed by atoms with van der Waals surface area (Å²) in [5, 5.41) is 0. The minimum Gasteiger partial charge on any atom is -0.122 e. The van der Waals surface area contributed by atoms with E-state index < -0.39 is 0 Å². The molecule has 12 heavy (non-hydrogen) atoms. The number of benzene rings is 1. The number of halogens is 2. The molecular formula is C10H12Cl2. The number of hydrogen-bond acceptors (Lipinski definition) is 0. The Morgan fingerprint density at radius 1 is 1.08 bits per heavy atom. The monoisotopic (exact) mass is 202 g/mol. The summed E-state index contributed by atoms with van der Waals surface area (Å²) >= 11 is 11.6. The van der Waals surface area contributed by atoms with Crippen LogP contribution in [-0.2, 0) is 18.2 Å². The molecule has 1 aromatic carbocycles. The first-order valence-corrected chi connectivity index (χ1v) is 5.12. The first-order chi connectivity index (χ1) is 5.83. The highest BCUT2D eigenvalue weighted by atomic mass is 35.5. The molecule has 0 unspecified atom stereocenters. The third-order valence-electron chi connectivity index (χ3n) is 2.01. The fourth-order valence-electron chi connectivity index (χ4n) is 1.39. The van der Waals surface area contributed by atoms with Gasteiger partial charge in [0.05, 0.1) is 0 Å². The minimum atomic E-state index is 0.577. The van der Waals surface area contributed by atoms with Crippen LogP contribution < -0.4 is 0 Å². The Kier molecular flexibility index (Phi) is 3.90. The molecule has 0 nitrogen and oxygen atoms in total. The molecule has 66 valence electrons. The van der Waals surface area contributed by atoms with E-state index in [-0.39, 0.29) is 0 Å². The van der Waals surface area contributed by atoms with E-state index in [1.54, 1.807) is 0 Å². The van der Waals surface area contributed by atoms with Crippen molar-refractivity contribution in [2.24, 2.45) is 0 Å².